The van der Waals surface area contributed by atoms with Crippen molar-refractivity contribution in [1.82, 2.24) is 10.2 Å². The van der Waals surface area contributed by atoms with Gasteiger partial charge in [0, 0.05) is 18.6 Å². The minimum absolute atomic E-state index is 0.340. The molecule has 3 heteroatoms. The lowest BCUT2D eigenvalue weighted by atomic mass is 9.78. The van der Waals surface area contributed by atoms with Crippen LogP contribution in [0, 0.1) is 11.8 Å². The number of aliphatic hydroxyl groups is 1. The topological polar surface area (TPSA) is 35.5 Å². The SMILES string of the molecule is CNC1CCC(C)CC1CN1CCCC1CO. The van der Waals surface area contributed by atoms with Crippen LogP contribution in [-0.2, 0) is 0 Å². The average Bonchev–Trinajstić information content (AvgIpc) is 2.77. The van der Waals surface area contributed by atoms with E-state index in [1.807, 2.05) is 0 Å². The normalized spacial score (nSPS) is 39.7. The zero-order chi connectivity index (χ0) is 12.3. The first kappa shape index (κ1) is 13.3. The van der Waals surface area contributed by atoms with E-state index >= 15 is 0 Å². The Labute approximate surface area is 106 Å². The first-order chi connectivity index (χ1) is 8.24. The first-order valence-corrected chi connectivity index (χ1v) is 7.26. The number of likely N-dealkylation sites (tertiary alicyclic amines) is 1. The van der Waals surface area contributed by atoms with E-state index in [0.29, 0.717) is 18.7 Å². The van der Waals surface area contributed by atoms with Gasteiger partial charge >= 0.3 is 0 Å². The predicted octanol–water partition coefficient (Wildman–Crippen LogP) is 1.47. The van der Waals surface area contributed by atoms with Crippen LogP contribution in [0.5, 0.6) is 0 Å². The highest BCUT2D eigenvalue weighted by atomic mass is 16.3. The Hall–Kier alpha value is -0.120. The van der Waals surface area contributed by atoms with Crippen LogP contribution in [0.3, 0.4) is 0 Å². The van der Waals surface area contributed by atoms with Gasteiger partial charge in [0.15, 0.2) is 0 Å². The molecule has 17 heavy (non-hydrogen) atoms. The number of rotatable bonds is 4. The molecular formula is C14H28N2O. The highest BCUT2D eigenvalue weighted by Gasteiger charge is 2.32. The van der Waals surface area contributed by atoms with Gasteiger partial charge in [0.25, 0.3) is 0 Å². The minimum Gasteiger partial charge on any atom is -0.395 e. The number of hydrogen-bond donors (Lipinski definition) is 2. The lowest BCUT2D eigenvalue weighted by molar-refractivity contribution is 0.109. The summed E-state index contributed by atoms with van der Waals surface area (Å²) in [5.74, 6) is 1.65. The molecule has 0 aromatic rings. The molecule has 0 radical (unpaired) electrons. The van der Waals surface area contributed by atoms with Crippen LogP contribution in [-0.4, -0.2) is 48.8 Å². The van der Waals surface area contributed by atoms with E-state index in [1.165, 1.54) is 45.2 Å². The van der Waals surface area contributed by atoms with Gasteiger partial charge in [0.05, 0.1) is 6.61 Å². The smallest absolute Gasteiger partial charge is 0.0586 e. The van der Waals surface area contributed by atoms with Crippen LogP contribution in [0.2, 0.25) is 0 Å². The molecule has 0 bridgehead atoms. The van der Waals surface area contributed by atoms with E-state index in [-0.39, 0.29) is 0 Å². The fraction of sp³-hybridized carbons (Fsp3) is 1.00. The molecule has 100 valence electrons. The standard InChI is InChI=1S/C14H28N2O/c1-11-5-6-14(15-2)12(8-11)9-16-7-3-4-13(16)10-17/h11-15,17H,3-10H2,1-2H3. The molecule has 0 aromatic heterocycles. The van der Waals surface area contributed by atoms with Crippen molar-refractivity contribution in [3.63, 3.8) is 0 Å². The quantitative estimate of drug-likeness (QED) is 0.781. The monoisotopic (exact) mass is 240 g/mol. The molecule has 0 amide bonds. The van der Waals surface area contributed by atoms with Crippen molar-refractivity contribution >= 4 is 0 Å². The third-order valence-electron chi connectivity index (χ3n) is 4.79. The molecule has 4 unspecified atom stereocenters. The van der Waals surface area contributed by atoms with Gasteiger partial charge in [-0.05, 0) is 57.5 Å². The van der Waals surface area contributed by atoms with Gasteiger partial charge < -0.3 is 10.4 Å². The van der Waals surface area contributed by atoms with Crippen molar-refractivity contribution in [2.75, 3.05) is 26.7 Å². The molecule has 1 aliphatic carbocycles. The maximum atomic E-state index is 9.38. The van der Waals surface area contributed by atoms with E-state index in [0.717, 1.165) is 11.8 Å². The van der Waals surface area contributed by atoms with Gasteiger partial charge in [-0.15, -0.1) is 0 Å². The van der Waals surface area contributed by atoms with Crippen LogP contribution < -0.4 is 5.32 Å². The first-order valence-electron chi connectivity index (χ1n) is 7.26. The summed E-state index contributed by atoms with van der Waals surface area (Å²) in [5, 5.41) is 12.9. The summed E-state index contributed by atoms with van der Waals surface area (Å²) < 4.78 is 0. The Morgan fingerprint density at radius 2 is 2.12 bits per heavy atom. The predicted molar refractivity (Wildman–Crippen MR) is 71.0 cm³/mol. The highest BCUT2D eigenvalue weighted by molar-refractivity contribution is 4.88. The van der Waals surface area contributed by atoms with E-state index < -0.39 is 0 Å². The molecular weight excluding hydrogens is 212 g/mol. The van der Waals surface area contributed by atoms with E-state index in [4.69, 9.17) is 0 Å². The fourth-order valence-electron chi connectivity index (χ4n) is 3.72. The van der Waals surface area contributed by atoms with Gasteiger partial charge in [-0.25, -0.2) is 0 Å². The molecule has 1 saturated carbocycles. The number of hydrogen-bond acceptors (Lipinski definition) is 3. The van der Waals surface area contributed by atoms with Gasteiger partial charge in [0.1, 0.15) is 0 Å². The van der Waals surface area contributed by atoms with Crippen LogP contribution in [0.25, 0.3) is 0 Å². The second-order valence-electron chi connectivity index (χ2n) is 6.05. The summed E-state index contributed by atoms with van der Waals surface area (Å²) in [4.78, 5) is 2.52. The van der Waals surface area contributed by atoms with Crippen molar-refractivity contribution in [2.24, 2.45) is 11.8 Å². The summed E-state index contributed by atoms with van der Waals surface area (Å²) in [6.45, 7) is 5.09. The minimum atomic E-state index is 0.340. The maximum absolute atomic E-state index is 9.38. The zero-order valence-corrected chi connectivity index (χ0v) is 11.4. The average molecular weight is 240 g/mol. The summed E-state index contributed by atoms with van der Waals surface area (Å²) in [6.07, 6.45) is 6.48. The van der Waals surface area contributed by atoms with Crippen molar-refractivity contribution in [3.8, 4) is 0 Å². The Kier molecular flexibility index (Phi) is 4.83. The van der Waals surface area contributed by atoms with E-state index in [2.05, 4.69) is 24.2 Å². The number of nitrogens with zero attached hydrogens (tertiary/aromatic N) is 1. The van der Waals surface area contributed by atoms with Gasteiger partial charge in [-0.2, -0.15) is 0 Å². The molecule has 4 atom stereocenters. The zero-order valence-electron chi connectivity index (χ0n) is 11.4. The number of nitrogens with one attached hydrogen (secondary N) is 1. The molecule has 2 fully saturated rings. The second-order valence-corrected chi connectivity index (χ2v) is 6.05. The molecule has 0 aromatic carbocycles. The Morgan fingerprint density at radius 3 is 2.82 bits per heavy atom. The van der Waals surface area contributed by atoms with Crippen molar-refractivity contribution in [1.29, 1.82) is 0 Å². The fourth-order valence-corrected chi connectivity index (χ4v) is 3.72. The van der Waals surface area contributed by atoms with E-state index in [9.17, 15) is 5.11 Å². The van der Waals surface area contributed by atoms with Crippen LogP contribution in [0.1, 0.15) is 39.0 Å². The third-order valence-corrected chi connectivity index (χ3v) is 4.79. The van der Waals surface area contributed by atoms with Crippen LogP contribution in [0.15, 0.2) is 0 Å². The Balaban J connectivity index is 1.90. The lowest BCUT2D eigenvalue weighted by Crippen LogP contribution is -2.46. The molecule has 1 saturated heterocycles. The van der Waals surface area contributed by atoms with Crippen molar-refractivity contribution < 1.29 is 5.11 Å². The number of aliphatic hydroxyl groups excluding tert-OH is 1. The highest BCUT2D eigenvalue weighted by Crippen LogP contribution is 2.31. The van der Waals surface area contributed by atoms with Gasteiger partial charge in [-0.3, -0.25) is 4.90 Å². The molecule has 2 aliphatic rings. The van der Waals surface area contributed by atoms with Crippen molar-refractivity contribution in [3.05, 3.63) is 0 Å². The summed E-state index contributed by atoms with van der Waals surface area (Å²) in [5.41, 5.74) is 0. The molecule has 0 spiro atoms. The second kappa shape index (κ2) is 6.17. The summed E-state index contributed by atoms with van der Waals surface area (Å²) in [6, 6.07) is 1.12. The molecule has 2 N–H and O–H groups in total. The third kappa shape index (κ3) is 3.21. The van der Waals surface area contributed by atoms with E-state index in [1.54, 1.807) is 0 Å². The summed E-state index contributed by atoms with van der Waals surface area (Å²) in [7, 11) is 2.10. The molecule has 1 aliphatic heterocycles. The van der Waals surface area contributed by atoms with Crippen LogP contribution in [0.4, 0.5) is 0 Å². The Bertz CT molecular complexity index is 234. The molecule has 3 nitrogen and oxygen atoms in total. The Morgan fingerprint density at radius 1 is 1.29 bits per heavy atom. The summed E-state index contributed by atoms with van der Waals surface area (Å²) >= 11 is 0. The largest absolute Gasteiger partial charge is 0.395 e. The molecule has 1 heterocycles. The van der Waals surface area contributed by atoms with Crippen molar-refractivity contribution in [2.45, 2.75) is 51.1 Å². The van der Waals surface area contributed by atoms with Crippen LogP contribution >= 0.6 is 0 Å². The van der Waals surface area contributed by atoms with Gasteiger partial charge in [0.2, 0.25) is 0 Å². The lowest BCUT2D eigenvalue weighted by Gasteiger charge is -2.38. The maximum Gasteiger partial charge on any atom is 0.0586 e. The molecule has 2 rings (SSSR count). The van der Waals surface area contributed by atoms with Gasteiger partial charge in [-0.1, -0.05) is 6.92 Å².